The van der Waals surface area contributed by atoms with Gasteiger partial charge in [-0.1, -0.05) is 18.2 Å². The minimum absolute atomic E-state index is 0.00213. The average Bonchev–Trinajstić information content (AvgIpc) is 2.69. The Hall–Kier alpha value is -1.88. The molecule has 0 saturated carbocycles. The second-order valence-corrected chi connectivity index (χ2v) is 6.50. The summed E-state index contributed by atoms with van der Waals surface area (Å²) in [4.78, 5) is 28.7. The van der Waals surface area contributed by atoms with E-state index in [9.17, 15) is 9.59 Å². The molecule has 2 atom stereocenters. The van der Waals surface area contributed by atoms with Crippen LogP contribution in [0.5, 0.6) is 0 Å². The molecule has 2 heterocycles. The van der Waals surface area contributed by atoms with E-state index in [4.69, 9.17) is 4.74 Å². The van der Waals surface area contributed by atoms with Crippen molar-refractivity contribution in [3.8, 4) is 0 Å². The smallest absolute Gasteiger partial charge is 0.243 e. The fourth-order valence-electron chi connectivity index (χ4n) is 3.34. The number of amides is 2. The number of ether oxygens (including phenoxy) is 1. The van der Waals surface area contributed by atoms with Crippen LogP contribution in [0.2, 0.25) is 0 Å². The van der Waals surface area contributed by atoms with E-state index >= 15 is 0 Å². The Morgan fingerprint density at radius 1 is 1.26 bits per heavy atom. The molecule has 23 heavy (non-hydrogen) atoms. The molecule has 1 fully saturated rings. The topological polar surface area (TPSA) is 49.9 Å². The highest BCUT2D eigenvalue weighted by molar-refractivity contribution is 5.99. The van der Waals surface area contributed by atoms with Gasteiger partial charge < -0.3 is 14.5 Å². The van der Waals surface area contributed by atoms with E-state index < -0.39 is 0 Å². The van der Waals surface area contributed by atoms with Gasteiger partial charge in [-0.2, -0.15) is 0 Å². The standard InChI is InChI=1S/C18H24N2O3/c1-13-12-23-14(2)10-19(13)18(22)11-20-16-8-4-3-6-15(16)7-5-9-17(20)21/h3-4,6,8,13-14H,5,7,9-12H2,1-2H3/t13-,14+/m1/s1. The Balaban J connectivity index is 1.80. The van der Waals surface area contributed by atoms with Crippen molar-refractivity contribution in [3.63, 3.8) is 0 Å². The molecule has 0 bridgehead atoms. The molecule has 0 radical (unpaired) electrons. The lowest BCUT2D eigenvalue weighted by molar-refractivity contribution is -0.142. The van der Waals surface area contributed by atoms with Crippen LogP contribution in [0.3, 0.4) is 0 Å². The zero-order valence-electron chi connectivity index (χ0n) is 13.8. The lowest BCUT2D eigenvalue weighted by Gasteiger charge is -2.38. The zero-order valence-corrected chi connectivity index (χ0v) is 13.8. The number of carbonyl (C=O) groups is 2. The first kappa shape index (κ1) is 16.0. The number of anilines is 1. The molecule has 2 aliphatic heterocycles. The molecule has 124 valence electrons. The molecule has 5 heteroatoms. The summed E-state index contributed by atoms with van der Waals surface area (Å²) < 4.78 is 5.58. The van der Waals surface area contributed by atoms with E-state index in [2.05, 4.69) is 0 Å². The number of morpholine rings is 1. The lowest BCUT2D eigenvalue weighted by Crippen LogP contribution is -2.53. The summed E-state index contributed by atoms with van der Waals surface area (Å²) in [5.74, 6) is 0.0370. The average molecular weight is 316 g/mol. The SMILES string of the molecule is C[C@@H]1CO[C@@H](C)CN1C(=O)CN1C(=O)CCCc2ccccc21. The summed E-state index contributed by atoms with van der Waals surface area (Å²) in [5.41, 5.74) is 2.03. The fraction of sp³-hybridized carbons (Fsp3) is 0.556. The second kappa shape index (κ2) is 6.71. The van der Waals surface area contributed by atoms with E-state index in [1.807, 2.05) is 43.0 Å². The quantitative estimate of drug-likeness (QED) is 0.838. The number of para-hydroxylation sites is 1. The first-order chi connectivity index (χ1) is 11.1. The summed E-state index contributed by atoms with van der Waals surface area (Å²) in [6.45, 7) is 5.22. The second-order valence-electron chi connectivity index (χ2n) is 6.50. The third kappa shape index (κ3) is 3.39. The van der Waals surface area contributed by atoms with Gasteiger partial charge in [0.1, 0.15) is 6.54 Å². The number of aryl methyl sites for hydroxylation is 1. The molecule has 1 saturated heterocycles. The van der Waals surface area contributed by atoms with Crippen LogP contribution in [0.4, 0.5) is 5.69 Å². The van der Waals surface area contributed by atoms with Crippen molar-refractivity contribution in [2.75, 3.05) is 24.6 Å². The Morgan fingerprint density at radius 2 is 2.04 bits per heavy atom. The van der Waals surface area contributed by atoms with Gasteiger partial charge in [0.05, 0.1) is 18.8 Å². The minimum Gasteiger partial charge on any atom is -0.375 e. The molecular weight excluding hydrogens is 292 g/mol. The van der Waals surface area contributed by atoms with Crippen molar-refractivity contribution >= 4 is 17.5 Å². The summed E-state index contributed by atoms with van der Waals surface area (Å²) in [5, 5.41) is 0. The van der Waals surface area contributed by atoms with Crippen LogP contribution in [0.25, 0.3) is 0 Å². The van der Waals surface area contributed by atoms with Gasteiger partial charge in [0, 0.05) is 18.7 Å². The van der Waals surface area contributed by atoms with Gasteiger partial charge >= 0.3 is 0 Å². The van der Waals surface area contributed by atoms with Crippen molar-refractivity contribution < 1.29 is 14.3 Å². The predicted molar refractivity (Wildman–Crippen MR) is 88.3 cm³/mol. The molecule has 0 spiro atoms. The largest absolute Gasteiger partial charge is 0.375 e. The molecule has 0 aromatic heterocycles. The summed E-state index contributed by atoms with van der Waals surface area (Å²) >= 11 is 0. The number of nitrogens with zero attached hydrogens (tertiary/aromatic N) is 2. The van der Waals surface area contributed by atoms with Crippen molar-refractivity contribution in [1.82, 2.24) is 4.90 Å². The zero-order chi connectivity index (χ0) is 16.4. The van der Waals surface area contributed by atoms with Crippen molar-refractivity contribution in [3.05, 3.63) is 29.8 Å². The third-order valence-corrected chi connectivity index (χ3v) is 4.64. The van der Waals surface area contributed by atoms with E-state index in [-0.39, 0.29) is 30.5 Å². The number of benzene rings is 1. The maximum atomic E-state index is 12.8. The fourth-order valence-corrected chi connectivity index (χ4v) is 3.34. The maximum absolute atomic E-state index is 12.8. The predicted octanol–water partition coefficient (Wildman–Crippen LogP) is 1.99. The molecule has 1 aromatic carbocycles. The van der Waals surface area contributed by atoms with Gasteiger partial charge in [0.15, 0.2) is 0 Å². The lowest BCUT2D eigenvalue weighted by atomic mass is 10.1. The van der Waals surface area contributed by atoms with Crippen LogP contribution in [-0.4, -0.2) is 48.6 Å². The van der Waals surface area contributed by atoms with Gasteiger partial charge in [0.2, 0.25) is 11.8 Å². The number of rotatable bonds is 2. The highest BCUT2D eigenvalue weighted by Gasteiger charge is 2.31. The molecule has 1 aromatic rings. The van der Waals surface area contributed by atoms with E-state index in [1.54, 1.807) is 4.90 Å². The molecule has 0 aliphatic carbocycles. The molecule has 2 amide bonds. The number of hydrogen-bond acceptors (Lipinski definition) is 3. The highest BCUT2D eigenvalue weighted by atomic mass is 16.5. The summed E-state index contributed by atoms with van der Waals surface area (Å²) in [6, 6.07) is 7.95. The van der Waals surface area contributed by atoms with Crippen LogP contribution >= 0.6 is 0 Å². The summed E-state index contributed by atoms with van der Waals surface area (Å²) in [6.07, 6.45) is 2.27. The first-order valence-corrected chi connectivity index (χ1v) is 8.35. The van der Waals surface area contributed by atoms with Crippen molar-refractivity contribution in [1.29, 1.82) is 0 Å². The Bertz CT molecular complexity index is 602. The number of carbonyl (C=O) groups excluding carboxylic acids is 2. The van der Waals surface area contributed by atoms with Crippen LogP contribution < -0.4 is 4.90 Å². The van der Waals surface area contributed by atoms with Crippen molar-refractivity contribution in [2.45, 2.75) is 45.3 Å². The Kier molecular flexibility index (Phi) is 4.66. The van der Waals surface area contributed by atoms with Crippen LogP contribution in [0.15, 0.2) is 24.3 Å². The summed E-state index contributed by atoms with van der Waals surface area (Å²) in [7, 11) is 0. The molecule has 2 aliphatic rings. The first-order valence-electron chi connectivity index (χ1n) is 8.35. The van der Waals surface area contributed by atoms with Gasteiger partial charge in [-0.25, -0.2) is 0 Å². The number of fused-ring (bicyclic) bond motifs is 1. The molecule has 0 N–H and O–H groups in total. The van der Waals surface area contributed by atoms with Gasteiger partial charge in [-0.3, -0.25) is 9.59 Å². The van der Waals surface area contributed by atoms with Gasteiger partial charge in [-0.15, -0.1) is 0 Å². The Morgan fingerprint density at radius 3 is 2.87 bits per heavy atom. The third-order valence-electron chi connectivity index (χ3n) is 4.64. The van der Waals surface area contributed by atoms with Gasteiger partial charge in [0.25, 0.3) is 0 Å². The van der Waals surface area contributed by atoms with Crippen molar-refractivity contribution in [2.24, 2.45) is 0 Å². The van der Waals surface area contributed by atoms with Gasteiger partial charge in [-0.05, 0) is 38.3 Å². The normalized spacial score (nSPS) is 25.0. The van der Waals surface area contributed by atoms with Crippen LogP contribution in [0.1, 0.15) is 32.3 Å². The molecule has 3 rings (SSSR count). The molecular formula is C18H24N2O3. The Labute approximate surface area is 137 Å². The van der Waals surface area contributed by atoms with E-state index in [0.717, 1.165) is 24.1 Å². The highest BCUT2D eigenvalue weighted by Crippen LogP contribution is 2.27. The van der Waals surface area contributed by atoms with Crippen LogP contribution in [0, 0.1) is 0 Å². The van der Waals surface area contributed by atoms with E-state index in [1.165, 1.54) is 0 Å². The monoisotopic (exact) mass is 316 g/mol. The van der Waals surface area contributed by atoms with E-state index in [0.29, 0.717) is 19.6 Å². The van der Waals surface area contributed by atoms with Crippen LogP contribution in [-0.2, 0) is 20.7 Å². The maximum Gasteiger partial charge on any atom is 0.243 e. The molecule has 0 unspecified atom stereocenters. The minimum atomic E-state index is -0.00213. The molecule has 5 nitrogen and oxygen atoms in total. The number of hydrogen-bond donors (Lipinski definition) is 0.